The summed E-state index contributed by atoms with van der Waals surface area (Å²) in [6, 6.07) is 10.5. The molecular formula is C23H27Cl2NO4. The minimum atomic E-state index is -1.31. The first-order valence-electron chi connectivity index (χ1n) is 10.2. The molecule has 0 bridgehead atoms. The van der Waals surface area contributed by atoms with Crippen molar-refractivity contribution in [3.63, 3.8) is 0 Å². The lowest BCUT2D eigenvalue weighted by Gasteiger charge is -2.33. The van der Waals surface area contributed by atoms with Crippen molar-refractivity contribution in [3.05, 3.63) is 57.6 Å². The molecule has 1 aliphatic carbocycles. The molecule has 1 unspecified atom stereocenters. The number of methoxy groups -OCH3 is 1. The van der Waals surface area contributed by atoms with E-state index >= 15 is 0 Å². The summed E-state index contributed by atoms with van der Waals surface area (Å²) in [6.45, 7) is 2.49. The Kier molecular flexibility index (Phi) is 7.87. The third kappa shape index (κ3) is 5.20. The van der Waals surface area contributed by atoms with E-state index in [2.05, 4.69) is 5.32 Å². The van der Waals surface area contributed by atoms with Crippen LogP contribution in [0.4, 0.5) is 0 Å². The first-order valence-corrected chi connectivity index (χ1v) is 10.9. The topological polar surface area (TPSA) is 67.8 Å². The number of rotatable bonds is 7. The molecule has 1 fully saturated rings. The van der Waals surface area contributed by atoms with Gasteiger partial charge in [-0.05, 0) is 55.2 Å². The quantitative estimate of drug-likeness (QED) is 0.600. The summed E-state index contributed by atoms with van der Waals surface area (Å²) in [4.78, 5) is 12.8. The molecule has 0 heterocycles. The molecule has 7 heteroatoms. The summed E-state index contributed by atoms with van der Waals surface area (Å²) in [5.74, 6) is 1.08. The summed E-state index contributed by atoms with van der Waals surface area (Å²) in [5, 5.41) is 14.2. The highest BCUT2D eigenvalue weighted by Crippen LogP contribution is 2.38. The Bertz CT molecular complexity index is 890. The lowest BCUT2D eigenvalue weighted by atomic mass is 9.79. The van der Waals surface area contributed by atoms with Crippen LogP contribution in [0.15, 0.2) is 36.4 Å². The average Bonchev–Trinajstić information content (AvgIpc) is 2.76. The molecule has 3 rings (SSSR count). The van der Waals surface area contributed by atoms with Gasteiger partial charge in [0.25, 0.3) is 5.91 Å². The molecule has 2 N–H and O–H groups in total. The van der Waals surface area contributed by atoms with Crippen LogP contribution in [0.3, 0.4) is 0 Å². The van der Waals surface area contributed by atoms with Gasteiger partial charge in [0, 0.05) is 12.0 Å². The Morgan fingerprint density at radius 2 is 1.90 bits per heavy atom. The van der Waals surface area contributed by atoms with E-state index in [-0.39, 0.29) is 12.0 Å². The van der Waals surface area contributed by atoms with Gasteiger partial charge in [-0.25, -0.2) is 0 Å². The molecule has 2 aromatic carbocycles. The van der Waals surface area contributed by atoms with Crippen molar-refractivity contribution < 1.29 is 19.4 Å². The van der Waals surface area contributed by atoms with Gasteiger partial charge < -0.3 is 19.9 Å². The van der Waals surface area contributed by atoms with Gasteiger partial charge in [0.1, 0.15) is 0 Å². The highest BCUT2D eigenvalue weighted by atomic mass is 35.5. The molecule has 2 aromatic rings. The Balaban J connectivity index is 1.77. The first kappa shape index (κ1) is 22.7. The predicted molar refractivity (Wildman–Crippen MR) is 119 cm³/mol. The number of hydrogen-bond acceptors (Lipinski definition) is 4. The minimum absolute atomic E-state index is 0.0775. The zero-order chi connectivity index (χ0) is 21.7. The zero-order valence-corrected chi connectivity index (χ0v) is 18.7. The summed E-state index contributed by atoms with van der Waals surface area (Å²) < 4.78 is 11.1. The molecule has 0 spiro atoms. The highest BCUT2D eigenvalue weighted by Gasteiger charge is 2.30. The molecule has 0 saturated heterocycles. The molecule has 1 aliphatic rings. The molecule has 3 atom stereocenters. The van der Waals surface area contributed by atoms with Crippen LogP contribution < -0.4 is 14.8 Å². The number of hydrogen-bond donors (Lipinski definition) is 2. The van der Waals surface area contributed by atoms with Gasteiger partial charge in [-0.1, -0.05) is 48.2 Å². The second kappa shape index (κ2) is 10.4. The van der Waals surface area contributed by atoms with Crippen LogP contribution in [0.25, 0.3) is 0 Å². The molecule has 0 radical (unpaired) electrons. The number of aliphatic hydroxyl groups is 1. The van der Waals surface area contributed by atoms with Crippen LogP contribution in [0.1, 0.15) is 55.8 Å². The smallest absolute Gasteiger partial charge is 0.253 e. The monoisotopic (exact) mass is 451 g/mol. The number of amides is 1. The second-order valence-corrected chi connectivity index (χ2v) is 8.24. The number of ether oxygens (including phenoxy) is 2. The van der Waals surface area contributed by atoms with Gasteiger partial charge in [0.15, 0.2) is 17.6 Å². The van der Waals surface area contributed by atoms with Crippen LogP contribution in [0.2, 0.25) is 10.0 Å². The molecule has 1 amide bonds. The van der Waals surface area contributed by atoms with Gasteiger partial charge in [-0.15, -0.1) is 0 Å². The van der Waals surface area contributed by atoms with E-state index in [9.17, 15) is 9.90 Å². The Morgan fingerprint density at radius 3 is 2.60 bits per heavy atom. The molecule has 1 saturated carbocycles. The number of benzene rings is 2. The van der Waals surface area contributed by atoms with Gasteiger partial charge >= 0.3 is 0 Å². The summed E-state index contributed by atoms with van der Waals surface area (Å²) in [5.41, 5.74) is 1.50. The maximum atomic E-state index is 12.8. The number of carbonyl (C=O) groups excluding carboxylic acids is 1. The van der Waals surface area contributed by atoms with E-state index in [1.54, 1.807) is 19.2 Å². The van der Waals surface area contributed by atoms with E-state index in [1.807, 2.05) is 25.1 Å². The largest absolute Gasteiger partial charge is 0.493 e. The van der Waals surface area contributed by atoms with Gasteiger partial charge in [-0.2, -0.15) is 0 Å². The highest BCUT2D eigenvalue weighted by molar-refractivity contribution is 6.42. The van der Waals surface area contributed by atoms with Gasteiger partial charge in [0.05, 0.1) is 23.8 Å². The van der Waals surface area contributed by atoms with Crippen molar-refractivity contribution in [2.75, 3.05) is 13.7 Å². The van der Waals surface area contributed by atoms with Gasteiger partial charge in [0.2, 0.25) is 0 Å². The summed E-state index contributed by atoms with van der Waals surface area (Å²) >= 11 is 12.0. The third-order valence-electron chi connectivity index (χ3n) is 5.52. The van der Waals surface area contributed by atoms with Crippen molar-refractivity contribution in [1.82, 2.24) is 5.32 Å². The maximum Gasteiger partial charge on any atom is 0.253 e. The van der Waals surface area contributed by atoms with Crippen LogP contribution >= 0.6 is 23.2 Å². The van der Waals surface area contributed by atoms with E-state index in [4.69, 9.17) is 32.7 Å². The van der Waals surface area contributed by atoms with Crippen LogP contribution in [0, 0.1) is 0 Å². The Hall–Kier alpha value is -1.95. The van der Waals surface area contributed by atoms with E-state index < -0.39 is 12.0 Å². The average molecular weight is 452 g/mol. The number of nitrogens with one attached hydrogen (secondary N) is 1. The van der Waals surface area contributed by atoms with Crippen molar-refractivity contribution in [2.45, 2.75) is 50.7 Å². The molecular weight excluding hydrogens is 425 g/mol. The van der Waals surface area contributed by atoms with Gasteiger partial charge in [-0.3, -0.25) is 4.79 Å². The Labute approximate surface area is 187 Å². The van der Waals surface area contributed by atoms with E-state index in [1.165, 1.54) is 6.07 Å². The number of aliphatic hydroxyl groups excluding tert-OH is 1. The van der Waals surface area contributed by atoms with Crippen molar-refractivity contribution in [3.8, 4) is 11.5 Å². The zero-order valence-electron chi connectivity index (χ0n) is 17.2. The van der Waals surface area contributed by atoms with Crippen LogP contribution in [0.5, 0.6) is 11.5 Å². The lowest BCUT2D eigenvalue weighted by molar-refractivity contribution is -0.130. The fourth-order valence-corrected chi connectivity index (χ4v) is 4.29. The van der Waals surface area contributed by atoms with E-state index in [0.717, 1.165) is 31.2 Å². The van der Waals surface area contributed by atoms with E-state index in [0.29, 0.717) is 33.7 Å². The molecule has 30 heavy (non-hydrogen) atoms. The normalized spacial score (nSPS) is 19.8. The van der Waals surface area contributed by atoms with Crippen molar-refractivity contribution in [1.29, 1.82) is 0 Å². The lowest BCUT2D eigenvalue weighted by Crippen LogP contribution is -2.43. The number of halogens is 2. The van der Waals surface area contributed by atoms with Crippen LogP contribution in [-0.2, 0) is 4.79 Å². The SMILES string of the molecule is CCOc1ccc([C@@H]2CCCC[C@H]2NC(=O)C(O)c2ccc(Cl)c(Cl)c2)cc1OC. The van der Waals surface area contributed by atoms with Crippen LogP contribution in [-0.4, -0.2) is 30.8 Å². The van der Waals surface area contributed by atoms with Crippen molar-refractivity contribution >= 4 is 29.1 Å². The standard InChI is InChI=1S/C23H27Cl2NO4/c1-3-30-20-11-9-14(13-21(20)29-2)16-6-4-5-7-19(16)26-23(28)22(27)15-8-10-17(24)18(25)12-15/h8-13,16,19,22,27H,3-7H2,1-2H3,(H,26,28)/t16-,19+,22?/m0/s1. The van der Waals surface area contributed by atoms with Crippen molar-refractivity contribution in [2.24, 2.45) is 0 Å². The molecule has 0 aliphatic heterocycles. The molecule has 162 valence electrons. The first-order chi connectivity index (χ1) is 14.4. The maximum absolute atomic E-state index is 12.8. The summed E-state index contributed by atoms with van der Waals surface area (Å²) in [7, 11) is 1.62. The Morgan fingerprint density at radius 1 is 1.13 bits per heavy atom. The fourth-order valence-electron chi connectivity index (χ4n) is 3.99. The number of carbonyl (C=O) groups is 1. The molecule has 0 aromatic heterocycles. The second-order valence-electron chi connectivity index (χ2n) is 7.43. The minimum Gasteiger partial charge on any atom is -0.493 e. The fraction of sp³-hybridized carbons (Fsp3) is 0.435. The molecule has 5 nitrogen and oxygen atoms in total. The third-order valence-corrected chi connectivity index (χ3v) is 6.26. The predicted octanol–water partition coefficient (Wildman–Crippen LogP) is 5.28. The summed E-state index contributed by atoms with van der Waals surface area (Å²) in [6.07, 6.45) is 2.60.